The van der Waals surface area contributed by atoms with Crippen LogP contribution in [0.3, 0.4) is 0 Å². The van der Waals surface area contributed by atoms with E-state index in [-0.39, 0.29) is 5.75 Å². The maximum absolute atomic E-state index is 14.0. The van der Waals surface area contributed by atoms with E-state index in [1.54, 1.807) is 10.6 Å². The first-order chi connectivity index (χ1) is 11.7. The first-order valence-electron chi connectivity index (χ1n) is 7.97. The Labute approximate surface area is 138 Å². The van der Waals surface area contributed by atoms with Gasteiger partial charge in [-0.1, -0.05) is 0 Å². The minimum Gasteiger partial charge on any atom is -0.434 e. The standard InChI is InChI=1S/C17H18FN5O/c18-14-9-13(19)3-4-15(14)24-17-16-12(10-22-6-1-2-7-22)5-8-23(16)21-11-20-17/h3-5,8-9,11H,1-2,6-7,10,19H2. The van der Waals surface area contributed by atoms with Gasteiger partial charge in [-0.3, -0.25) is 4.90 Å². The van der Waals surface area contributed by atoms with Gasteiger partial charge in [0.25, 0.3) is 0 Å². The van der Waals surface area contributed by atoms with Crippen LogP contribution in [0.15, 0.2) is 36.8 Å². The number of nitrogens with zero attached hydrogens (tertiary/aromatic N) is 4. The van der Waals surface area contributed by atoms with Gasteiger partial charge in [-0.15, -0.1) is 0 Å². The number of nitrogen functional groups attached to an aromatic ring is 1. The molecule has 1 aromatic carbocycles. The molecule has 0 saturated carbocycles. The van der Waals surface area contributed by atoms with Crippen LogP contribution in [-0.4, -0.2) is 32.6 Å². The molecule has 0 atom stereocenters. The molecule has 1 aliphatic rings. The van der Waals surface area contributed by atoms with Crippen LogP contribution in [0.5, 0.6) is 11.6 Å². The van der Waals surface area contributed by atoms with Crippen LogP contribution in [0.2, 0.25) is 0 Å². The van der Waals surface area contributed by atoms with E-state index in [0.717, 1.165) is 30.7 Å². The third-order valence-corrected chi connectivity index (χ3v) is 4.26. The van der Waals surface area contributed by atoms with Crippen molar-refractivity contribution >= 4 is 11.2 Å². The Morgan fingerprint density at radius 1 is 1.21 bits per heavy atom. The van der Waals surface area contributed by atoms with Crippen molar-refractivity contribution in [1.29, 1.82) is 0 Å². The van der Waals surface area contributed by atoms with Gasteiger partial charge < -0.3 is 10.5 Å². The normalized spacial score (nSPS) is 15.2. The summed E-state index contributed by atoms with van der Waals surface area (Å²) >= 11 is 0. The second kappa shape index (κ2) is 6.09. The summed E-state index contributed by atoms with van der Waals surface area (Å²) in [5.74, 6) is -0.0783. The third-order valence-electron chi connectivity index (χ3n) is 4.26. The summed E-state index contributed by atoms with van der Waals surface area (Å²) in [5, 5.41) is 4.21. The summed E-state index contributed by atoms with van der Waals surface area (Å²) in [4.78, 5) is 6.59. The van der Waals surface area contributed by atoms with Crippen LogP contribution in [-0.2, 0) is 6.54 Å². The van der Waals surface area contributed by atoms with E-state index in [0.29, 0.717) is 11.6 Å². The number of benzene rings is 1. The number of hydrogen-bond donors (Lipinski definition) is 1. The Hall–Kier alpha value is -2.67. The minimum absolute atomic E-state index is 0.0955. The predicted molar refractivity (Wildman–Crippen MR) is 88.4 cm³/mol. The van der Waals surface area contributed by atoms with E-state index in [4.69, 9.17) is 10.5 Å². The quantitative estimate of drug-likeness (QED) is 0.746. The van der Waals surface area contributed by atoms with Crippen LogP contribution in [0.4, 0.5) is 10.1 Å². The maximum atomic E-state index is 14.0. The summed E-state index contributed by atoms with van der Waals surface area (Å²) in [7, 11) is 0. The first kappa shape index (κ1) is 14.9. The second-order valence-electron chi connectivity index (χ2n) is 5.97. The van der Waals surface area contributed by atoms with Gasteiger partial charge in [-0.05, 0) is 49.7 Å². The van der Waals surface area contributed by atoms with Gasteiger partial charge in [0.2, 0.25) is 5.88 Å². The SMILES string of the molecule is Nc1ccc(Oc2ncnn3ccc(CN4CCCC4)c23)c(F)c1. The molecule has 6 nitrogen and oxygen atoms in total. The Morgan fingerprint density at radius 3 is 2.83 bits per heavy atom. The largest absolute Gasteiger partial charge is 0.434 e. The fourth-order valence-corrected chi connectivity index (χ4v) is 3.08. The average Bonchev–Trinajstić information content (AvgIpc) is 3.21. The molecule has 1 saturated heterocycles. The lowest BCUT2D eigenvalue weighted by atomic mass is 10.2. The van der Waals surface area contributed by atoms with Crippen molar-refractivity contribution in [1.82, 2.24) is 19.5 Å². The van der Waals surface area contributed by atoms with Gasteiger partial charge in [0, 0.05) is 24.5 Å². The van der Waals surface area contributed by atoms with E-state index in [1.807, 2.05) is 12.3 Å². The highest BCUT2D eigenvalue weighted by atomic mass is 19.1. The molecule has 0 unspecified atom stereocenters. The fraction of sp³-hybridized carbons (Fsp3) is 0.294. The van der Waals surface area contributed by atoms with Crippen molar-refractivity contribution in [3.05, 3.63) is 48.2 Å². The molecular weight excluding hydrogens is 309 g/mol. The number of ether oxygens (including phenoxy) is 1. The zero-order valence-corrected chi connectivity index (χ0v) is 13.2. The number of rotatable bonds is 4. The number of aromatic nitrogens is 3. The highest BCUT2D eigenvalue weighted by molar-refractivity contribution is 5.63. The summed E-state index contributed by atoms with van der Waals surface area (Å²) in [6, 6.07) is 6.35. The molecule has 1 fully saturated rings. The predicted octanol–water partition coefficient (Wildman–Crippen LogP) is 2.84. The van der Waals surface area contributed by atoms with Crippen LogP contribution < -0.4 is 10.5 Å². The number of likely N-dealkylation sites (tertiary alicyclic amines) is 1. The molecular formula is C17H18FN5O. The maximum Gasteiger partial charge on any atom is 0.247 e. The summed E-state index contributed by atoms with van der Waals surface area (Å²) in [5.41, 5.74) is 7.77. The van der Waals surface area contributed by atoms with Gasteiger partial charge in [0.15, 0.2) is 11.6 Å². The van der Waals surface area contributed by atoms with E-state index >= 15 is 0 Å². The van der Waals surface area contributed by atoms with Gasteiger partial charge in [0.05, 0.1) is 0 Å². The first-order valence-corrected chi connectivity index (χ1v) is 7.97. The molecule has 0 amide bonds. The molecule has 0 radical (unpaired) electrons. The molecule has 124 valence electrons. The molecule has 2 N–H and O–H groups in total. The monoisotopic (exact) mass is 327 g/mol. The Kier molecular flexibility index (Phi) is 3.78. The number of anilines is 1. The number of fused-ring (bicyclic) bond motifs is 1. The minimum atomic E-state index is -0.514. The second-order valence-corrected chi connectivity index (χ2v) is 5.97. The Morgan fingerprint density at radius 2 is 2.04 bits per heavy atom. The molecule has 0 aliphatic carbocycles. The van der Waals surface area contributed by atoms with Gasteiger partial charge in [-0.25, -0.2) is 8.91 Å². The zero-order chi connectivity index (χ0) is 16.5. The highest BCUT2D eigenvalue weighted by Gasteiger charge is 2.18. The topological polar surface area (TPSA) is 68.7 Å². The van der Waals surface area contributed by atoms with Crippen LogP contribution in [0, 0.1) is 5.82 Å². The number of hydrogen-bond acceptors (Lipinski definition) is 5. The van der Waals surface area contributed by atoms with Crippen molar-refractivity contribution in [3.8, 4) is 11.6 Å². The smallest absolute Gasteiger partial charge is 0.247 e. The molecule has 2 aromatic heterocycles. The van der Waals surface area contributed by atoms with Crippen LogP contribution >= 0.6 is 0 Å². The molecule has 3 heterocycles. The highest BCUT2D eigenvalue weighted by Crippen LogP contribution is 2.30. The number of nitrogens with two attached hydrogens (primary N) is 1. The number of halogens is 1. The summed E-state index contributed by atoms with van der Waals surface area (Å²) < 4.78 is 21.5. The molecule has 3 aromatic rings. The van der Waals surface area contributed by atoms with Gasteiger partial charge in [-0.2, -0.15) is 10.1 Å². The molecule has 1 aliphatic heterocycles. The van der Waals surface area contributed by atoms with E-state index in [1.165, 1.54) is 31.3 Å². The van der Waals surface area contributed by atoms with Crippen LogP contribution in [0.25, 0.3) is 5.52 Å². The van der Waals surface area contributed by atoms with E-state index < -0.39 is 5.82 Å². The Balaban J connectivity index is 1.70. The van der Waals surface area contributed by atoms with Crippen molar-refractivity contribution in [2.45, 2.75) is 19.4 Å². The summed E-state index contributed by atoms with van der Waals surface area (Å²) in [6.45, 7) is 2.99. The van der Waals surface area contributed by atoms with Gasteiger partial charge >= 0.3 is 0 Å². The van der Waals surface area contributed by atoms with Crippen LogP contribution in [0.1, 0.15) is 18.4 Å². The van der Waals surface area contributed by atoms with E-state index in [9.17, 15) is 4.39 Å². The molecule has 0 bridgehead atoms. The van der Waals surface area contributed by atoms with Crippen molar-refractivity contribution in [2.75, 3.05) is 18.8 Å². The Bertz CT molecular complexity index is 873. The zero-order valence-electron chi connectivity index (χ0n) is 13.2. The van der Waals surface area contributed by atoms with E-state index in [2.05, 4.69) is 15.0 Å². The molecule has 24 heavy (non-hydrogen) atoms. The fourth-order valence-electron chi connectivity index (χ4n) is 3.08. The van der Waals surface area contributed by atoms with Crippen molar-refractivity contribution in [2.24, 2.45) is 0 Å². The lowest BCUT2D eigenvalue weighted by Gasteiger charge is -2.14. The molecule has 4 rings (SSSR count). The third kappa shape index (κ3) is 2.78. The lowest BCUT2D eigenvalue weighted by molar-refractivity contribution is 0.332. The molecule has 0 spiro atoms. The molecule has 7 heteroatoms. The van der Waals surface area contributed by atoms with Crippen molar-refractivity contribution < 1.29 is 9.13 Å². The van der Waals surface area contributed by atoms with Crippen molar-refractivity contribution in [3.63, 3.8) is 0 Å². The lowest BCUT2D eigenvalue weighted by Crippen LogP contribution is -2.18. The summed E-state index contributed by atoms with van der Waals surface area (Å²) in [6.07, 6.45) is 5.72. The van der Waals surface area contributed by atoms with Gasteiger partial charge in [0.1, 0.15) is 11.8 Å². The average molecular weight is 327 g/mol.